The molecule has 0 rings (SSSR count). The Hall–Kier alpha value is 0.526. The normalized spacial score (nSPS) is 10.2. The van der Waals surface area contributed by atoms with E-state index in [2.05, 4.69) is 13.8 Å². The van der Waals surface area contributed by atoms with E-state index in [4.69, 9.17) is 9.05 Å². The van der Waals surface area contributed by atoms with Crippen LogP contribution in [0.2, 0.25) is 0 Å². The molecule has 0 fully saturated rings. The van der Waals surface area contributed by atoms with Gasteiger partial charge in [0.2, 0.25) is 0 Å². The minimum Gasteiger partial charge on any atom is -0.119 e. The van der Waals surface area contributed by atoms with E-state index >= 15 is 0 Å². The van der Waals surface area contributed by atoms with Gasteiger partial charge in [-0.1, -0.05) is 65.2 Å². The van der Waals surface area contributed by atoms with Gasteiger partial charge in [0.1, 0.15) is 13.2 Å². The second-order valence-electron chi connectivity index (χ2n) is 4.72. The van der Waals surface area contributed by atoms with Gasteiger partial charge in [0.15, 0.2) is 0 Å². The van der Waals surface area contributed by atoms with Gasteiger partial charge in [0.05, 0.1) is 0 Å². The van der Waals surface area contributed by atoms with E-state index in [1.807, 2.05) is 0 Å². The van der Waals surface area contributed by atoms with Crippen molar-refractivity contribution in [3.05, 3.63) is 0 Å². The number of hydrogen-bond donors (Lipinski definition) is 0. The Morgan fingerprint density at radius 3 is 1.42 bits per heavy atom. The summed E-state index contributed by atoms with van der Waals surface area (Å²) in [5, 5.41) is 0. The van der Waals surface area contributed by atoms with Crippen molar-refractivity contribution in [2.45, 2.75) is 78.1 Å². The zero-order chi connectivity index (χ0) is 13.5. The first-order chi connectivity index (χ1) is 8.81. The largest absolute Gasteiger partial charge is 2.00 e. The fourth-order valence-electron chi connectivity index (χ4n) is 1.73. The molecular weight excluding hydrogens is 306 g/mol. The van der Waals surface area contributed by atoms with Crippen molar-refractivity contribution in [2.75, 3.05) is 13.2 Å². The molecule has 0 saturated carbocycles. The number of unbranched alkanes of at least 4 members (excludes halogenated alkanes) is 8. The molecule has 19 heavy (non-hydrogen) atoms. The molecule has 0 saturated heterocycles. The Morgan fingerprint density at radius 2 is 1.05 bits per heavy atom. The fourth-order valence-corrected chi connectivity index (χ4v) is 2.36. The SMILES string of the molecule is CCCCCCCO[P+](=O)OCCCCCCC.[Co+2]. The average molecular weight is 336 g/mol. The maximum absolute atomic E-state index is 11.3. The minimum absolute atomic E-state index is 0. The van der Waals surface area contributed by atoms with Crippen LogP contribution in [0.15, 0.2) is 0 Å². The van der Waals surface area contributed by atoms with Gasteiger partial charge in [0.25, 0.3) is 0 Å². The molecule has 0 N–H and O–H groups in total. The Labute approximate surface area is 130 Å². The fraction of sp³-hybridized carbons (Fsp3) is 1.00. The molecule has 0 aromatic heterocycles. The van der Waals surface area contributed by atoms with Crippen LogP contribution in [0.4, 0.5) is 0 Å². The van der Waals surface area contributed by atoms with E-state index in [0.29, 0.717) is 13.2 Å². The maximum Gasteiger partial charge on any atom is 2.00 e. The molecule has 0 aliphatic rings. The molecule has 0 bridgehead atoms. The van der Waals surface area contributed by atoms with E-state index in [1.165, 1.54) is 38.5 Å². The second kappa shape index (κ2) is 18.5. The zero-order valence-electron chi connectivity index (χ0n) is 12.5. The third-order valence-corrected chi connectivity index (χ3v) is 3.68. The van der Waals surface area contributed by atoms with Gasteiger partial charge < -0.3 is 0 Å². The standard InChI is InChI=1S/C14H30O3P.Co/c1-3-5-7-9-11-13-16-18(15)17-14-12-10-8-6-4-2;/h3-14H2,1-2H3;/q+1;+2. The Kier molecular flexibility index (Phi) is 21.3. The Morgan fingerprint density at radius 1 is 0.684 bits per heavy atom. The molecule has 0 aromatic carbocycles. The molecular formula is C14H30CoO3P+3. The first kappa shape index (κ1) is 21.8. The summed E-state index contributed by atoms with van der Waals surface area (Å²) >= 11 is 0. The summed E-state index contributed by atoms with van der Waals surface area (Å²) in [5.41, 5.74) is 0. The minimum atomic E-state index is -1.88. The van der Waals surface area contributed by atoms with Gasteiger partial charge in [-0.05, 0) is 12.8 Å². The number of hydrogen-bond acceptors (Lipinski definition) is 3. The van der Waals surface area contributed by atoms with Crippen LogP contribution in [-0.2, 0) is 30.4 Å². The smallest absolute Gasteiger partial charge is 0.119 e. The van der Waals surface area contributed by atoms with Gasteiger partial charge in [-0.3, -0.25) is 0 Å². The summed E-state index contributed by atoms with van der Waals surface area (Å²) in [5.74, 6) is 0. The van der Waals surface area contributed by atoms with Gasteiger partial charge in [-0.2, -0.15) is 0 Å². The van der Waals surface area contributed by atoms with Gasteiger partial charge in [-0.15, -0.1) is 9.05 Å². The van der Waals surface area contributed by atoms with E-state index in [9.17, 15) is 4.57 Å². The predicted molar refractivity (Wildman–Crippen MR) is 77.0 cm³/mol. The molecule has 0 spiro atoms. The predicted octanol–water partition coefficient (Wildman–Crippen LogP) is 5.62. The molecule has 3 nitrogen and oxygen atoms in total. The molecule has 0 amide bonds. The second-order valence-corrected chi connectivity index (χ2v) is 5.68. The van der Waals surface area contributed by atoms with Crippen LogP contribution in [0.3, 0.4) is 0 Å². The van der Waals surface area contributed by atoms with Crippen LogP contribution >= 0.6 is 8.25 Å². The summed E-state index contributed by atoms with van der Waals surface area (Å²) in [6.07, 6.45) is 11.8. The van der Waals surface area contributed by atoms with Crippen molar-refractivity contribution in [1.29, 1.82) is 0 Å². The van der Waals surface area contributed by atoms with Crippen molar-refractivity contribution < 1.29 is 30.4 Å². The summed E-state index contributed by atoms with van der Waals surface area (Å²) < 4.78 is 21.6. The summed E-state index contributed by atoms with van der Waals surface area (Å²) in [6, 6.07) is 0. The molecule has 0 heterocycles. The molecule has 0 atom stereocenters. The van der Waals surface area contributed by atoms with Crippen LogP contribution in [0.5, 0.6) is 0 Å². The van der Waals surface area contributed by atoms with Gasteiger partial charge >= 0.3 is 25.0 Å². The molecule has 0 unspecified atom stereocenters. The maximum atomic E-state index is 11.3. The van der Waals surface area contributed by atoms with Crippen molar-refractivity contribution in [3.63, 3.8) is 0 Å². The topological polar surface area (TPSA) is 35.5 Å². The summed E-state index contributed by atoms with van der Waals surface area (Å²) in [6.45, 7) is 5.52. The van der Waals surface area contributed by atoms with Crippen molar-refractivity contribution >= 4 is 8.25 Å². The van der Waals surface area contributed by atoms with Crippen LogP contribution < -0.4 is 0 Å². The summed E-state index contributed by atoms with van der Waals surface area (Å²) in [4.78, 5) is 0. The monoisotopic (exact) mass is 336 g/mol. The first-order valence-corrected chi connectivity index (χ1v) is 8.63. The molecule has 5 heteroatoms. The van der Waals surface area contributed by atoms with E-state index < -0.39 is 8.25 Å². The molecule has 0 aliphatic carbocycles. The first-order valence-electron chi connectivity index (χ1n) is 7.54. The van der Waals surface area contributed by atoms with Crippen LogP contribution in [0, 0.1) is 0 Å². The Balaban J connectivity index is 0. The van der Waals surface area contributed by atoms with Crippen LogP contribution in [-0.4, -0.2) is 13.2 Å². The molecule has 1 radical (unpaired) electrons. The molecule has 115 valence electrons. The quantitative estimate of drug-likeness (QED) is 0.305. The van der Waals surface area contributed by atoms with Gasteiger partial charge in [-0.25, -0.2) is 0 Å². The van der Waals surface area contributed by atoms with E-state index in [1.54, 1.807) is 0 Å². The van der Waals surface area contributed by atoms with Gasteiger partial charge in [0, 0.05) is 4.57 Å². The zero-order valence-corrected chi connectivity index (χ0v) is 14.4. The van der Waals surface area contributed by atoms with Crippen molar-refractivity contribution in [1.82, 2.24) is 0 Å². The van der Waals surface area contributed by atoms with Crippen LogP contribution in [0.25, 0.3) is 0 Å². The average Bonchev–Trinajstić information content (AvgIpc) is 2.38. The summed E-state index contributed by atoms with van der Waals surface area (Å²) in [7, 11) is -1.88. The third kappa shape index (κ3) is 18.5. The van der Waals surface area contributed by atoms with Crippen molar-refractivity contribution in [2.24, 2.45) is 0 Å². The molecule has 0 aromatic rings. The number of rotatable bonds is 14. The van der Waals surface area contributed by atoms with Crippen molar-refractivity contribution in [3.8, 4) is 0 Å². The third-order valence-electron chi connectivity index (χ3n) is 2.89. The Bertz CT molecular complexity index is 174. The van der Waals surface area contributed by atoms with E-state index in [-0.39, 0.29) is 16.8 Å². The van der Waals surface area contributed by atoms with E-state index in [0.717, 1.165) is 25.7 Å². The van der Waals surface area contributed by atoms with Crippen LogP contribution in [0.1, 0.15) is 78.1 Å². The molecule has 0 aliphatic heterocycles.